The predicted octanol–water partition coefficient (Wildman–Crippen LogP) is 3.95. The number of hydrogen-bond acceptors (Lipinski definition) is 5. The van der Waals surface area contributed by atoms with Crippen molar-refractivity contribution in [2.75, 3.05) is 34.4 Å². The minimum absolute atomic E-state index is 0.270. The second-order valence-electron chi connectivity index (χ2n) is 6.18. The molecule has 0 fully saturated rings. The van der Waals surface area contributed by atoms with Crippen molar-refractivity contribution < 1.29 is 22.6 Å². The van der Waals surface area contributed by atoms with Crippen molar-refractivity contribution in [2.45, 2.75) is 11.3 Å². The Labute approximate surface area is 173 Å². The molecule has 6 nitrogen and oxygen atoms in total. The average molecular weight is 468 g/mol. The van der Waals surface area contributed by atoms with Gasteiger partial charge in [-0.1, -0.05) is 18.2 Å². The Morgan fingerprint density at radius 2 is 1.64 bits per heavy atom. The Bertz CT molecular complexity index is 978. The molecule has 1 heterocycles. The highest BCUT2D eigenvalue weighted by atomic mass is 79.9. The summed E-state index contributed by atoms with van der Waals surface area (Å²) in [5, 5.41) is 0. The zero-order valence-electron chi connectivity index (χ0n) is 15.9. The minimum Gasteiger partial charge on any atom is -0.496 e. The van der Waals surface area contributed by atoms with Crippen molar-refractivity contribution in [3.05, 3.63) is 52.5 Å². The van der Waals surface area contributed by atoms with Gasteiger partial charge >= 0.3 is 0 Å². The van der Waals surface area contributed by atoms with E-state index in [4.69, 9.17) is 14.2 Å². The van der Waals surface area contributed by atoms with Gasteiger partial charge in [0.2, 0.25) is 10.0 Å². The fourth-order valence-electron chi connectivity index (χ4n) is 3.21. The van der Waals surface area contributed by atoms with E-state index in [1.165, 1.54) is 4.31 Å². The van der Waals surface area contributed by atoms with E-state index in [0.29, 0.717) is 34.7 Å². The highest BCUT2D eigenvalue weighted by Gasteiger charge is 2.29. The molecule has 0 N–H and O–H groups in total. The van der Waals surface area contributed by atoms with Gasteiger partial charge in [0.15, 0.2) is 0 Å². The molecule has 8 heteroatoms. The molecule has 1 aliphatic heterocycles. The number of sulfonamides is 1. The number of nitrogens with zero attached hydrogens (tertiary/aromatic N) is 1. The van der Waals surface area contributed by atoms with E-state index in [-0.39, 0.29) is 11.4 Å². The summed E-state index contributed by atoms with van der Waals surface area (Å²) in [6.45, 7) is 0.644. The lowest BCUT2D eigenvalue weighted by Crippen LogP contribution is -2.34. The summed E-state index contributed by atoms with van der Waals surface area (Å²) in [5.41, 5.74) is 1.80. The predicted molar refractivity (Wildman–Crippen MR) is 112 cm³/mol. The quantitative estimate of drug-likeness (QED) is 0.643. The third-order valence-electron chi connectivity index (χ3n) is 4.66. The number of benzene rings is 2. The van der Waals surface area contributed by atoms with Crippen LogP contribution in [-0.2, 0) is 10.0 Å². The van der Waals surface area contributed by atoms with Gasteiger partial charge in [-0.25, -0.2) is 8.42 Å². The molecule has 0 saturated carbocycles. The van der Waals surface area contributed by atoms with Crippen LogP contribution in [-0.4, -0.2) is 47.1 Å². The lowest BCUT2D eigenvalue weighted by Gasteiger charge is -2.27. The molecule has 0 aromatic heterocycles. The number of halogens is 1. The second kappa shape index (κ2) is 8.55. The van der Waals surface area contributed by atoms with Crippen molar-refractivity contribution in [3.8, 4) is 17.2 Å². The molecule has 2 aromatic rings. The second-order valence-corrected chi connectivity index (χ2v) is 8.94. The molecule has 0 aliphatic carbocycles. The van der Waals surface area contributed by atoms with Crippen LogP contribution in [0.5, 0.6) is 17.2 Å². The summed E-state index contributed by atoms with van der Waals surface area (Å²) >= 11 is 3.33. The van der Waals surface area contributed by atoms with Crippen molar-refractivity contribution >= 4 is 31.5 Å². The molecular weight excluding hydrogens is 446 g/mol. The first-order valence-electron chi connectivity index (χ1n) is 8.66. The standard InChI is InChI=1S/C20H22BrNO5S/c1-25-15-12-17(26-2)20(18(13-15)27-3)14-8-10-22(11-9-14)28(23,24)19-7-5-4-6-16(19)21/h4-8,12-13H,9-11H2,1-3H3. The summed E-state index contributed by atoms with van der Waals surface area (Å²) in [6, 6.07) is 10.4. The maximum Gasteiger partial charge on any atom is 0.244 e. The van der Waals surface area contributed by atoms with Crippen LogP contribution < -0.4 is 14.2 Å². The van der Waals surface area contributed by atoms with Gasteiger partial charge in [-0.15, -0.1) is 0 Å². The lowest BCUT2D eigenvalue weighted by molar-refractivity contribution is 0.372. The lowest BCUT2D eigenvalue weighted by atomic mass is 9.98. The van der Waals surface area contributed by atoms with Gasteiger partial charge in [0.1, 0.15) is 17.2 Å². The average Bonchev–Trinajstić information content (AvgIpc) is 2.72. The summed E-state index contributed by atoms with van der Waals surface area (Å²) in [6.07, 6.45) is 2.45. The van der Waals surface area contributed by atoms with E-state index in [1.807, 2.05) is 6.08 Å². The van der Waals surface area contributed by atoms with Crippen LogP contribution in [0.4, 0.5) is 0 Å². The van der Waals surface area contributed by atoms with Crippen LogP contribution in [0.15, 0.2) is 51.8 Å². The topological polar surface area (TPSA) is 65.1 Å². The Kier molecular flexibility index (Phi) is 6.32. The molecule has 28 heavy (non-hydrogen) atoms. The molecule has 2 aromatic carbocycles. The molecule has 3 rings (SSSR count). The summed E-state index contributed by atoms with van der Waals surface area (Å²) in [4.78, 5) is 0.270. The fourth-order valence-corrected chi connectivity index (χ4v) is 5.56. The minimum atomic E-state index is -3.58. The molecule has 0 spiro atoms. The SMILES string of the molecule is COc1cc(OC)c(C2=CCN(S(=O)(=O)c3ccccc3Br)CC2)c(OC)c1. The zero-order chi connectivity index (χ0) is 20.3. The van der Waals surface area contributed by atoms with Crippen molar-refractivity contribution in [1.82, 2.24) is 4.31 Å². The van der Waals surface area contributed by atoms with Crippen molar-refractivity contribution in [3.63, 3.8) is 0 Å². The van der Waals surface area contributed by atoms with E-state index in [2.05, 4.69) is 15.9 Å². The normalized spacial score (nSPS) is 15.1. The summed E-state index contributed by atoms with van der Waals surface area (Å²) in [5.74, 6) is 1.89. The van der Waals surface area contributed by atoms with Gasteiger partial charge in [-0.05, 0) is 40.1 Å². The number of rotatable bonds is 6. The molecule has 0 bridgehead atoms. The molecule has 0 radical (unpaired) electrons. The largest absolute Gasteiger partial charge is 0.496 e. The molecule has 1 aliphatic rings. The number of ether oxygens (including phenoxy) is 3. The van der Waals surface area contributed by atoms with E-state index in [1.54, 1.807) is 57.7 Å². The Morgan fingerprint density at radius 1 is 1.00 bits per heavy atom. The Morgan fingerprint density at radius 3 is 2.14 bits per heavy atom. The van der Waals surface area contributed by atoms with Crippen LogP contribution in [0.1, 0.15) is 12.0 Å². The molecule has 0 unspecified atom stereocenters. The zero-order valence-corrected chi connectivity index (χ0v) is 18.3. The van der Waals surface area contributed by atoms with Crippen LogP contribution in [0.3, 0.4) is 0 Å². The molecule has 0 amide bonds. The monoisotopic (exact) mass is 467 g/mol. The first kappa shape index (κ1) is 20.7. The van der Waals surface area contributed by atoms with Crippen LogP contribution >= 0.6 is 15.9 Å². The third-order valence-corrected chi connectivity index (χ3v) is 7.54. The van der Waals surface area contributed by atoms with Crippen LogP contribution in [0.2, 0.25) is 0 Å². The molecule has 0 saturated heterocycles. The third kappa shape index (κ3) is 3.90. The van der Waals surface area contributed by atoms with E-state index < -0.39 is 10.0 Å². The van der Waals surface area contributed by atoms with Crippen LogP contribution in [0.25, 0.3) is 5.57 Å². The van der Waals surface area contributed by atoms with Crippen molar-refractivity contribution in [1.29, 1.82) is 0 Å². The maximum atomic E-state index is 13.0. The van der Waals surface area contributed by atoms with Crippen LogP contribution in [0, 0.1) is 0 Å². The summed E-state index contributed by atoms with van der Waals surface area (Å²) in [7, 11) is 1.18. The van der Waals surface area contributed by atoms with Gasteiger partial charge in [-0.3, -0.25) is 0 Å². The first-order chi connectivity index (χ1) is 13.4. The van der Waals surface area contributed by atoms with E-state index in [9.17, 15) is 8.42 Å². The number of methoxy groups -OCH3 is 3. The van der Waals surface area contributed by atoms with E-state index in [0.717, 1.165) is 11.1 Å². The molecular formula is C20H22BrNO5S. The Balaban J connectivity index is 1.94. The number of hydrogen-bond donors (Lipinski definition) is 0. The molecule has 0 atom stereocenters. The van der Waals surface area contributed by atoms with E-state index >= 15 is 0 Å². The highest BCUT2D eigenvalue weighted by molar-refractivity contribution is 9.10. The molecule has 150 valence electrons. The van der Waals surface area contributed by atoms with Gasteiger partial charge in [0.25, 0.3) is 0 Å². The smallest absolute Gasteiger partial charge is 0.244 e. The summed E-state index contributed by atoms with van der Waals surface area (Å²) < 4.78 is 44.3. The van der Waals surface area contributed by atoms with Crippen molar-refractivity contribution in [2.24, 2.45) is 0 Å². The van der Waals surface area contributed by atoms with Gasteiger partial charge in [0.05, 0.1) is 31.8 Å². The van der Waals surface area contributed by atoms with Gasteiger partial charge in [-0.2, -0.15) is 4.31 Å². The van der Waals surface area contributed by atoms with Gasteiger partial charge in [0, 0.05) is 29.7 Å². The first-order valence-corrected chi connectivity index (χ1v) is 10.9. The maximum absolute atomic E-state index is 13.0. The Hall–Kier alpha value is -2.03. The highest BCUT2D eigenvalue weighted by Crippen LogP contribution is 2.41. The fraction of sp³-hybridized carbons (Fsp3) is 0.300. The van der Waals surface area contributed by atoms with Gasteiger partial charge < -0.3 is 14.2 Å².